The topological polar surface area (TPSA) is 34.1 Å². The maximum Gasteiger partial charge on any atom is 0.146 e. The van der Waals surface area contributed by atoms with E-state index in [4.69, 9.17) is 9.72 Å². The average molecular weight is 304 g/mol. The normalized spacial score (nSPS) is 16.7. The smallest absolute Gasteiger partial charge is 0.146 e. The highest BCUT2D eigenvalue weighted by Crippen LogP contribution is 2.31. The predicted molar refractivity (Wildman–Crippen MR) is 89.3 cm³/mol. The summed E-state index contributed by atoms with van der Waals surface area (Å²) < 4.78 is 7.34. The summed E-state index contributed by atoms with van der Waals surface area (Å²) in [5.41, 5.74) is 1.05. The van der Waals surface area contributed by atoms with Gasteiger partial charge in [-0.05, 0) is 49.9 Å². The zero-order valence-electron chi connectivity index (χ0n) is 12.9. The van der Waals surface area contributed by atoms with Crippen LogP contribution in [0, 0.1) is 11.8 Å². The molecule has 1 aliphatic heterocycles. The van der Waals surface area contributed by atoms with Crippen molar-refractivity contribution < 1.29 is 4.74 Å². The van der Waals surface area contributed by atoms with Crippen molar-refractivity contribution >= 4 is 21.6 Å². The molecule has 0 atom stereocenters. The second-order valence-electron chi connectivity index (χ2n) is 6.31. The minimum atomic E-state index is 0.643. The average Bonchev–Trinajstić information content (AvgIpc) is 2.88. The Balaban J connectivity index is 1.73. The maximum atomic E-state index is 6.09. The van der Waals surface area contributed by atoms with Gasteiger partial charge in [0.2, 0.25) is 0 Å². The number of thiazole rings is 1. The lowest BCUT2D eigenvalue weighted by molar-refractivity contribution is 0.217. The third-order valence-electron chi connectivity index (χ3n) is 3.94. The molecular formula is C17H24N2OS. The van der Waals surface area contributed by atoms with Crippen LogP contribution in [-0.2, 0) is 6.42 Å². The lowest BCUT2D eigenvalue weighted by atomic mass is 9.99. The molecule has 0 spiro atoms. The molecular weight excluding hydrogens is 280 g/mol. The Hall–Kier alpha value is -1.13. The third kappa shape index (κ3) is 3.74. The Labute approximate surface area is 130 Å². The molecule has 0 radical (unpaired) electrons. The molecule has 0 unspecified atom stereocenters. The number of para-hydroxylation sites is 1. The SMILES string of the molecule is CC(C)Cc1nc2c(OCC3CCNCC3)cccc2s1. The summed E-state index contributed by atoms with van der Waals surface area (Å²) in [6, 6.07) is 6.29. The highest BCUT2D eigenvalue weighted by molar-refractivity contribution is 7.18. The number of hydrogen-bond acceptors (Lipinski definition) is 4. The predicted octanol–water partition coefficient (Wildman–Crippen LogP) is 3.87. The molecule has 1 saturated heterocycles. The van der Waals surface area contributed by atoms with Crippen molar-refractivity contribution in [2.45, 2.75) is 33.1 Å². The Morgan fingerprint density at radius 3 is 2.90 bits per heavy atom. The summed E-state index contributed by atoms with van der Waals surface area (Å²) in [7, 11) is 0. The van der Waals surface area contributed by atoms with E-state index >= 15 is 0 Å². The molecule has 21 heavy (non-hydrogen) atoms. The number of piperidine rings is 1. The molecule has 3 rings (SSSR count). The maximum absolute atomic E-state index is 6.09. The van der Waals surface area contributed by atoms with E-state index in [1.54, 1.807) is 11.3 Å². The van der Waals surface area contributed by atoms with Gasteiger partial charge in [-0.15, -0.1) is 11.3 Å². The van der Waals surface area contributed by atoms with Crippen LogP contribution in [0.5, 0.6) is 5.75 Å². The molecule has 2 aromatic rings. The Morgan fingerprint density at radius 2 is 2.14 bits per heavy atom. The van der Waals surface area contributed by atoms with Gasteiger partial charge in [-0.2, -0.15) is 0 Å². The van der Waals surface area contributed by atoms with Crippen LogP contribution in [0.4, 0.5) is 0 Å². The van der Waals surface area contributed by atoms with Gasteiger partial charge >= 0.3 is 0 Å². The van der Waals surface area contributed by atoms with E-state index < -0.39 is 0 Å². The highest BCUT2D eigenvalue weighted by atomic mass is 32.1. The second kappa shape index (κ2) is 6.75. The zero-order valence-corrected chi connectivity index (χ0v) is 13.7. The standard InChI is InChI=1S/C17H24N2OS/c1-12(2)10-16-19-17-14(4-3-5-15(17)21-16)20-11-13-6-8-18-9-7-13/h3-5,12-13,18H,6-11H2,1-2H3. The highest BCUT2D eigenvalue weighted by Gasteiger charge is 2.15. The lowest BCUT2D eigenvalue weighted by Crippen LogP contribution is -2.30. The van der Waals surface area contributed by atoms with E-state index in [-0.39, 0.29) is 0 Å². The number of nitrogens with one attached hydrogen (secondary N) is 1. The molecule has 2 heterocycles. The van der Waals surface area contributed by atoms with Gasteiger partial charge in [-0.25, -0.2) is 4.98 Å². The zero-order chi connectivity index (χ0) is 14.7. The fourth-order valence-electron chi connectivity index (χ4n) is 2.78. The lowest BCUT2D eigenvalue weighted by Gasteiger charge is -2.22. The molecule has 1 aromatic carbocycles. The summed E-state index contributed by atoms with van der Waals surface area (Å²) in [6.45, 7) is 7.53. The first-order chi connectivity index (χ1) is 10.2. The summed E-state index contributed by atoms with van der Waals surface area (Å²) in [5.74, 6) is 2.28. The Morgan fingerprint density at radius 1 is 1.33 bits per heavy atom. The van der Waals surface area contributed by atoms with Crippen LogP contribution < -0.4 is 10.1 Å². The second-order valence-corrected chi connectivity index (χ2v) is 7.43. The van der Waals surface area contributed by atoms with Gasteiger partial charge in [-0.1, -0.05) is 19.9 Å². The number of hydrogen-bond donors (Lipinski definition) is 1. The van der Waals surface area contributed by atoms with Gasteiger partial charge in [0.15, 0.2) is 0 Å². The Bertz CT molecular complexity index is 587. The van der Waals surface area contributed by atoms with Gasteiger partial charge < -0.3 is 10.1 Å². The quantitative estimate of drug-likeness (QED) is 0.910. The molecule has 4 heteroatoms. The van der Waals surface area contributed by atoms with Crippen molar-refractivity contribution in [1.82, 2.24) is 10.3 Å². The Kier molecular flexibility index (Phi) is 4.76. The van der Waals surface area contributed by atoms with Crippen molar-refractivity contribution in [3.05, 3.63) is 23.2 Å². The monoisotopic (exact) mass is 304 g/mol. The van der Waals surface area contributed by atoms with Crippen LogP contribution in [0.1, 0.15) is 31.7 Å². The van der Waals surface area contributed by atoms with E-state index in [9.17, 15) is 0 Å². The molecule has 0 bridgehead atoms. The van der Waals surface area contributed by atoms with Gasteiger partial charge in [0.25, 0.3) is 0 Å². The minimum Gasteiger partial charge on any atom is -0.491 e. The number of nitrogens with zero attached hydrogens (tertiary/aromatic N) is 1. The molecule has 114 valence electrons. The van der Waals surface area contributed by atoms with Crippen molar-refractivity contribution in [1.29, 1.82) is 0 Å². The van der Waals surface area contributed by atoms with Gasteiger partial charge in [-0.3, -0.25) is 0 Å². The van der Waals surface area contributed by atoms with Crippen LogP contribution in [0.2, 0.25) is 0 Å². The van der Waals surface area contributed by atoms with Crippen LogP contribution in [-0.4, -0.2) is 24.7 Å². The molecule has 0 amide bonds. The first-order valence-electron chi connectivity index (χ1n) is 7.94. The van der Waals surface area contributed by atoms with Crippen LogP contribution >= 0.6 is 11.3 Å². The first-order valence-corrected chi connectivity index (χ1v) is 8.76. The minimum absolute atomic E-state index is 0.643. The summed E-state index contributed by atoms with van der Waals surface area (Å²) in [5, 5.41) is 4.62. The van der Waals surface area contributed by atoms with E-state index in [0.717, 1.165) is 37.4 Å². The summed E-state index contributed by atoms with van der Waals surface area (Å²) in [4.78, 5) is 4.80. The molecule has 3 nitrogen and oxygen atoms in total. The molecule has 1 aliphatic rings. The van der Waals surface area contributed by atoms with Crippen LogP contribution in [0.25, 0.3) is 10.2 Å². The van der Waals surface area contributed by atoms with Gasteiger partial charge in [0, 0.05) is 6.42 Å². The van der Waals surface area contributed by atoms with Crippen molar-refractivity contribution in [3.63, 3.8) is 0 Å². The fourth-order valence-corrected chi connectivity index (χ4v) is 3.98. The van der Waals surface area contributed by atoms with Crippen molar-refractivity contribution in [2.75, 3.05) is 19.7 Å². The number of rotatable bonds is 5. The van der Waals surface area contributed by atoms with Crippen LogP contribution in [0.3, 0.4) is 0 Å². The van der Waals surface area contributed by atoms with E-state index in [1.165, 1.54) is 22.5 Å². The largest absolute Gasteiger partial charge is 0.491 e. The van der Waals surface area contributed by atoms with Crippen LogP contribution in [0.15, 0.2) is 18.2 Å². The number of benzene rings is 1. The number of ether oxygens (including phenoxy) is 1. The third-order valence-corrected chi connectivity index (χ3v) is 4.99. The number of aromatic nitrogens is 1. The summed E-state index contributed by atoms with van der Waals surface area (Å²) in [6.07, 6.45) is 3.48. The van der Waals surface area contributed by atoms with E-state index in [1.807, 2.05) is 0 Å². The first kappa shape index (κ1) is 14.8. The van der Waals surface area contributed by atoms with Gasteiger partial charge in [0.1, 0.15) is 11.3 Å². The van der Waals surface area contributed by atoms with Gasteiger partial charge in [0.05, 0.1) is 16.3 Å². The van der Waals surface area contributed by atoms with Crippen molar-refractivity contribution in [3.8, 4) is 5.75 Å². The molecule has 0 saturated carbocycles. The van der Waals surface area contributed by atoms with E-state index in [0.29, 0.717) is 11.8 Å². The van der Waals surface area contributed by atoms with Crippen molar-refractivity contribution in [2.24, 2.45) is 11.8 Å². The molecule has 1 aromatic heterocycles. The van der Waals surface area contributed by atoms with E-state index in [2.05, 4.69) is 37.4 Å². The summed E-state index contributed by atoms with van der Waals surface area (Å²) >= 11 is 1.80. The number of fused-ring (bicyclic) bond motifs is 1. The fraction of sp³-hybridized carbons (Fsp3) is 0.588. The molecule has 0 aliphatic carbocycles. The molecule has 1 fully saturated rings. The molecule has 1 N–H and O–H groups in total.